The van der Waals surface area contributed by atoms with E-state index in [0.717, 1.165) is 28.1 Å². The summed E-state index contributed by atoms with van der Waals surface area (Å²) in [5.41, 5.74) is 4.12. The van der Waals surface area contributed by atoms with E-state index >= 15 is 0 Å². The molecule has 0 radical (unpaired) electrons. The molecule has 0 aliphatic carbocycles. The number of ether oxygens (including phenoxy) is 1. The van der Waals surface area contributed by atoms with Gasteiger partial charge in [0.1, 0.15) is 5.75 Å². The van der Waals surface area contributed by atoms with Crippen LogP contribution in [0.15, 0.2) is 77.6 Å². The Morgan fingerprint density at radius 2 is 1.65 bits per heavy atom. The normalized spacial score (nSPS) is 12.0. The zero-order chi connectivity index (χ0) is 22.1. The van der Waals surface area contributed by atoms with E-state index in [0.29, 0.717) is 10.9 Å². The Morgan fingerprint density at radius 3 is 2.26 bits per heavy atom. The second kappa shape index (κ2) is 8.07. The maximum absolute atomic E-state index is 13.0. The Hall–Kier alpha value is -3.93. The van der Waals surface area contributed by atoms with Crippen LogP contribution >= 0.6 is 0 Å². The Balaban J connectivity index is 2.01. The minimum absolute atomic E-state index is 0.101. The van der Waals surface area contributed by atoms with E-state index in [1.165, 1.54) is 12.1 Å². The molecular formula is C25H22N2O4. The number of methoxy groups -OCH3 is 1. The van der Waals surface area contributed by atoms with Crippen LogP contribution in [0.4, 0.5) is 5.69 Å². The second-order valence-corrected chi connectivity index (χ2v) is 7.54. The van der Waals surface area contributed by atoms with Gasteiger partial charge in [0.25, 0.3) is 5.69 Å². The Bertz CT molecular complexity index is 1320. The third-order valence-corrected chi connectivity index (χ3v) is 5.58. The van der Waals surface area contributed by atoms with Crippen LogP contribution in [0.5, 0.6) is 5.75 Å². The number of aromatic nitrogens is 1. The molecule has 0 saturated heterocycles. The third-order valence-electron chi connectivity index (χ3n) is 5.58. The molecule has 0 fully saturated rings. The van der Waals surface area contributed by atoms with E-state index in [9.17, 15) is 14.9 Å². The van der Waals surface area contributed by atoms with Crippen molar-refractivity contribution in [3.8, 4) is 17.0 Å². The van der Waals surface area contributed by atoms with Crippen molar-refractivity contribution in [1.29, 1.82) is 0 Å². The van der Waals surface area contributed by atoms with Gasteiger partial charge in [-0.2, -0.15) is 0 Å². The van der Waals surface area contributed by atoms with Gasteiger partial charge in [0.2, 0.25) is 0 Å². The first kappa shape index (κ1) is 20.3. The molecule has 3 aromatic carbocycles. The molecule has 0 spiro atoms. The lowest BCUT2D eigenvalue weighted by Crippen LogP contribution is -2.16. The molecule has 6 heteroatoms. The molecule has 156 valence electrons. The van der Waals surface area contributed by atoms with Crippen LogP contribution in [-0.4, -0.2) is 16.6 Å². The maximum atomic E-state index is 13.0. The van der Waals surface area contributed by atoms with Crippen LogP contribution in [0, 0.1) is 17.0 Å². The van der Waals surface area contributed by atoms with Gasteiger partial charge in [-0.1, -0.05) is 42.0 Å². The standard InChI is InChI=1S/C25H22N2O4/c1-16-4-6-19(7-5-16)24-15-25(28)22-14-20(27(29)30)10-13-23(22)26(24)17(2)18-8-11-21(31-3)12-9-18/h4-15,17H,1-3H3. The van der Waals surface area contributed by atoms with E-state index in [1.807, 2.05) is 62.4 Å². The van der Waals surface area contributed by atoms with Crippen LogP contribution in [0.1, 0.15) is 24.1 Å². The molecule has 0 aliphatic rings. The van der Waals surface area contributed by atoms with Crippen molar-refractivity contribution in [2.24, 2.45) is 0 Å². The van der Waals surface area contributed by atoms with E-state index in [4.69, 9.17) is 4.74 Å². The number of rotatable bonds is 5. The van der Waals surface area contributed by atoms with Crippen molar-refractivity contribution in [3.05, 3.63) is 104 Å². The van der Waals surface area contributed by atoms with Gasteiger partial charge < -0.3 is 9.30 Å². The van der Waals surface area contributed by atoms with Crippen LogP contribution in [0.2, 0.25) is 0 Å². The lowest BCUT2D eigenvalue weighted by atomic mass is 10.0. The summed E-state index contributed by atoms with van der Waals surface area (Å²) in [5, 5.41) is 11.6. The van der Waals surface area contributed by atoms with Crippen LogP contribution in [0.25, 0.3) is 22.2 Å². The van der Waals surface area contributed by atoms with Crippen molar-refractivity contribution in [1.82, 2.24) is 4.57 Å². The number of pyridine rings is 1. The molecule has 0 amide bonds. The number of aryl methyl sites for hydroxylation is 1. The monoisotopic (exact) mass is 414 g/mol. The number of nitro groups is 1. The van der Waals surface area contributed by atoms with Gasteiger partial charge in [0, 0.05) is 18.2 Å². The quantitative estimate of drug-likeness (QED) is 0.319. The largest absolute Gasteiger partial charge is 0.497 e. The summed E-state index contributed by atoms with van der Waals surface area (Å²) in [5.74, 6) is 0.759. The van der Waals surface area contributed by atoms with Crippen molar-refractivity contribution in [2.75, 3.05) is 7.11 Å². The predicted molar refractivity (Wildman–Crippen MR) is 122 cm³/mol. The number of nitro benzene ring substituents is 1. The van der Waals surface area contributed by atoms with Gasteiger partial charge in [0.15, 0.2) is 5.43 Å². The number of nitrogens with zero attached hydrogens (tertiary/aromatic N) is 2. The minimum Gasteiger partial charge on any atom is -0.497 e. The highest BCUT2D eigenvalue weighted by molar-refractivity contribution is 5.85. The molecule has 1 unspecified atom stereocenters. The maximum Gasteiger partial charge on any atom is 0.270 e. The Morgan fingerprint density at radius 1 is 0.968 bits per heavy atom. The molecule has 6 nitrogen and oxygen atoms in total. The van der Waals surface area contributed by atoms with E-state index < -0.39 is 4.92 Å². The molecule has 1 atom stereocenters. The van der Waals surface area contributed by atoms with E-state index in [1.54, 1.807) is 19.2 Å². The zero-order valence-electron chi connectivity index (χ0n) is 17.5. The average Bonchev–Trinajstić information content (AvgIpc) is 2.79. The minimum atomic E-state index is -0.482. The Labute approximate surface area is 179 Å². The molecule has 4 aromatic rings. The van der Waals surface area contributed by atoms with Crippen molar-refractivity contribution < 1.29 is 9.66 Å². The summed E-state index contributed by atoms with van der Waals surface area (Å²) >= 11 is 0. The lowest BCUT2D eigenvalue weighted by molar-refractivity contribution is -0.384. The fraction of sp³-hybridized carbons (Fsp3) is 0.160. The number of hydrogen-bond donors (Lipinski definition) is 0. The molecule has 4 rings (SSSR count). The molecule has 0 bridgehead atoms. The summed E-state index contributed by atoms with van der Waals surface area (Å²) in [6, 6.07) is 21.6. The van der Waals surface area contributed by atoms with Crippen LogP contribution in [0.3, 0.4) is 0 Å². The first-order chi connectivity index (χ1) is 14.9. The molecule has 0 N–H and O–H groups in total. The van der Waals surface area contributed by atoms with Gasteiger partial charge in [0.05, 0.1) is 34.7 Å². The molecule has 31 heavy (non-hydrogen) atoms. The van der Waals surface area contributed by atoms with Crippen LogP contribution in [-0.2, 0) is 0 Å². The summed E-state index contributed by atoms with van der Waals surface area (Å²) in [6.07, 6.45) is 0. The molecular weight excluding hydrogens is 392 g/mol. The van der Waals surface area contributed by atoms with Crippen LogP contribution < -0.4 is 10.2 Å². The number of fused-ring (bicyclic) bond motifs is 1. The van der Waals surface area contributed by atoms with Gasteiger partial charge in [-0.25, -0.2) is 0 Å². The first-order valence-electron chi connectivity index (χ1n) is 9.93. The summed E-state index contributed by atoms with van der Waals surface area (Å²) in [4.78, 5) is 23.7. The molecule has 0 aliphatic heterocycles. The topological polar surface area (TPSA) is 74.4 Å². The third kappa shape index (κ3) is 3.80. The van der Waals surface area contributed by atoms with Gasteiger partial charge in [-0.3, -0.25) is 14.9 Å². The van der Waals surface area contributed by atoms with E-state index in [-0.39, 0.29) is 17.2 Å². The summed E-state index contributed by atoms with van der Waals surface area (Å²) in [6.45, 7) is 4.06. The highest BCUT2D eigenvalue weighted by Crippen LogP contribution is 2.32. The first-order valence-corrected chi connectivity index (χ1v) is 9.93. The van der Waals surface area contributed by atoms with Gasteiger partial charge >= 0.3 is 0 Å². The SMILES string of the molecule is COc1ccc(C(C)n2c(-c3ccc(C)cc3)cc(=O)c3cc([N+](=O)[O-])ccc32)cc1. The molecule has 1 aromatic heterocycles. The fourth-order valence-electron chi connectivity index (χ4n) is 3.84. The highest BCUT2D eigenvalue weighted by Gasteiger charge is 2.19. The molecule has 1 heterocycles. The van der Waals surface area contributed by atoms with Crippen molar-refractivity contribution in [3.63, 3.8) is 0 Å². The second-order valence-electron chi connectivity index (χ2n) is 7.54. The van der Waals surface area contributed by atoms with Gasteiger partial charge in [-0.15, -0.1) is 0 Å². The van der Waals surface area contributed by atoms with E-state index in [2.05, 4.69) is 4.57 Å². The fourth-order valence-corrected chi connectivity index (χ4v) is 3.84. The lowest BCUT2D eigenvalue weighted by Gasteiger charge is -2.24. The number of benzene rings is 3. The van der Waals surface area contributed by atoms with Gasteiger partial charge in [-0.05, 0) is 43.2 Å². The number of hydrogen-bond acceptors (Lipinski definition) is 4. The predicted octanol–water partition coefficient (Wildman–Crippen LogP) is 5.50. The Kier molecular flexibility index (Phi) is 5.29. The molecule has 0 saturated carbocycles. The van der Waals surface area contributed by atoms with Crippen molar-refractivity contribution >= 4 is 16.6 Å². The summed E-state index contributed by atoms with van der Waals surface area (Å²) < 4.78 is 7.33. The van der Waals surface area contributed by atoms with Crippen molar-refractivity contribution in [2.45, 2.75) is 19.9 Å². The number of non-ortho nitro benzene ring substituents is 1. The summed E-state index contributed by atoms with van der Waals surface area (Å²) in [7, 11) is 1.62. The average molecular weight is 414 g/mol. The highest BCUT2D eigenvalue weighted by atomic mass is 16.6. The zero-order valence-corrected chi connectivity index (χ0v) is 17.5. The smallest absolute Gasteiger partial charge is 0.270 e.